The van der Waals surface area contributed by atoms with E-state index < -0.39 is 35.7 Å². The summed E-state index contributed by atoms with van der Waals surface area (Å²) >= 11 is 6.07. The highest BCUT2D eigenvalue weighted by Gasteiger charge is 2.66. The molecule has 142 valence electrons. The minimum atomic E-state index is -5.33. The summed E-state index contributed by atoms with van der Waals surface area (Å²) in [6, 6.07) is 5.66. The SMILES string of the molecule is O=C1N[C@H](c2ccccc2Cl)[C@@H](C(=O)c2cccnc2)[C@](O)(C(F)(F)F)N1. The molecule has 3 N–H and O–H groups in total. The molecule has 0 radical (unpaired) electrons. The first-order valence-corrected chi connectivity index (χ1v) is 8.09. The van der Waals surface area contributed by atoms with Crippen LogP contribution in [0.1, 0.15) is 22.0 Å². The van der Waals surface area contributed by atoms with Crippen LogP contribution in [0.4, 0.5) is 18.0 Å². The van der Waals surface area contributed by atoms with Crippen LogP contribution in [0.15, 0.2) is 48.8 Å². The third-order valence-corrected chi connectivity index (χ3v) is 4.62. The summed E-state index contributed by atoms with van der Waals surface area (Å²) < 4.78 is 41.2. The lowest BCUT2D eigenvalue weighted by Gasteiger charge is -2.45. The number of urea groups is 1. The van der Waals surface area contributed by atoms with Crippen molar-refractivity contribution in [1.82, 2.24) is 15.6 Å². The maximum atomic E-state index is 13.7. The molecule has 0 spiro atoms. The summed E-state index contributed by atoms with van der Waals surface area (Å²) in [5.41, 5.74) is -3.88. The number of pyridine rings is 1. The third-order valence-electron chi connectivity index (χ3n) is 4.28. The zero-order chi connectivity index (χ0) is 19.8. The molecule has 1 saturated heterocycles. The molecule has 27 heavy (non-hydrogen) atoms. The number of carbonyl (C=O) groups excluding carboxylic acids is 2. The van der Waals surface area contributed by atoms with Crippen molar-refractivity contribution in [1.29, 1.82) is 0 Å². The van der Waals surface area contributed by atoms with E-state index in [4.69, 9.17) is 11.6 Å². The molecule has 0 unspecified atom stereocenters. The van der Waals surface area contributed by atoms with Gasteiger partial charge in [0.15, 0.2) is 5.78 Å². The van der Waals surface area contributed by atoms with Gasteiger partial charge in [-0.1, -0.05) is 29.8 Å². The van der Waals surface area contributed by atoms with E-state index in [1.54, 1.807) is 6.07 Å². The molecular formula is C17H13ClF3N3O3. The minimum absolute atomic E-state index is 0.0400. The molecule has 0 bridgehead atoms. The molecule has 2 amide bonds. The zero-order valence-corrected chi connectivity index (χ0v) is 14.3. The lowest BCUT2D eigenvalue weighted by molar-refractivity contribution is -0.287. The van der Waals surface area contributed by atoms with Crippen LogP contribution in [0.3, 0.4) is 0 Å². The van der Waals surface area contributed by atoms with Crippen molar-refractivity contribution in [3.05, 3.63) is 64.9 Å². The first-order valence-electron chi connectivity index (χ1n) is 7.71. The molecule has 1 aliphatic heterocycles. The highest BCUT2D eigenvalue weighted by molar-refractivity contribution is 6.31. The van der Waals surface area contributed by atoms with Crippen LogP contribution in [-0.4, -0.2) is 33.8 Å². The Bertz CT molecular complexity index is 878. The normalized spacial score (nSPS) is 25.4. The Kier molecular flexibility index (Phi) is 4.83. The van der Waals surface area contributed by atoms with Crippen LogP contribution in [0.2, 0.25) is 5.02 Å². The number of halogens is 4. The Morgan fingerprint density at radius 1 is 1.22 bits per heavy atom. The molecule has 3 atom stereocenters. The van der Waals surface area contributed by atoms with Gasteiger partial charge >= 0.3 is 12.2 Å². The van der Waals surface area contributed by atoms with Gasteiger partial charge in [-0.25, -0.2) is 4.79 Å². The van der Waals surface area contributed by atoms with E-state index in [0.717, 1.165) is 6.20 Å². The number of hydrogen-bond acceptors (Lipinski definition) is 4. The summed E-state index contributed by atoms with van der Waals surface area (Å²) in [5.74, 6) is -3.19. The van der Waals surface area contributed by atoms with Gasteiger partial charge in [0.05, 0.1) is 6.04 Å². The van der Waals surface area contributed by atoms with Gasteiger partial charge in [-0.3, -0.25) is 9.78 Å². The van der Waals surface area contributed by atoms with Crippen molar-refractivity contribution in [3.63, 3.8) is 0 Å². The third kappa shape index (κ3) is 3.35. The molecule has 10 heteroatoms. The Labute approximate surface area is 156 Å². The molecular weight excluding hydrogens is 387 g/mol. The number of aliphatic hydroxyl groups is 1. The van der Waals surface area contributed by atoms with E-state index in [1.807, 2.05) is 0 Å². The number of hydrogen-bond donors (Lipinski definition) is 3. The van der Waals surface area contributed by atoms with Crippen molar-refractivity contribution in [2.75, 3.05) is 0 Å². The maximum absolute atomic E-state index is 13.7. The number of Topliss-reactive ketones (excluding diaryl/α,β-unsaturated/α-hetero) is 1. The van der Waals surface area contributed by atoms with Crippen LogP contribution < -0.4 is 10.6 Å². The molecule has 1 aromatic carbocycles. The van der Waals surface area contributed by atoms with Gasteiger partial charge in [0, 0.05) is 23.0 Å². The van der Waals surface area contributed by atoms with E-state index in [-0.39, 0.29) is 16.1 Å². The van der Waals surface area contributed by atoms with Gasteiger partial charge in [0.25, 0.3) is 0 Å². The number of carbonyl (C=O) groups is 2. The average molecular weight is 400 g/mol. The predicted octanol–water partition coefficient (Wildman–Crippen LogP) is 2.84. The fraction of sp³-hybridized carbons (Fsp3) is 0.235. The number of alkyl halides is 3. The molecule has 0 saturated carbocycles. The fourth-order valence-corrected chi connectivity index (χ4v) is 3.27. The van der Waals surface area contributed by atoms with Gasteiger partial charge in [-0.05, 0) is 23.8 Å². The monoisotopic (exact) mass is 399 g/mol. The first-order chi connectivity index (χ1) is 12.6. The van der Waals surface area contributed by atoms with Gasteiger partial charge in [0.2, 0.25) is 5.72 Å². The Hall–Kier alpha value is -2.65. The van der Waals surface area contributed by atoms with Crippen molar-refractivity contribution in [2.24, 2.45) is 5.92 Å². The van der Waals surface area contributed by atoms with E-state index in [1.165, 1.54) is 41.8 Å². The molecule has 2 heterocycles. The van der Waals surface area contributed by atoms with Crippen molar-refractivity contribution < 1.29 is 27.9 Å². The summed E-state index contributed by atoms with van der Waals surface area (Å²) in [4.78, 5) is 28.5. The van der Waals surface area contributed by atoms with Crippen LogP contribution in [0.5, 0.6) is 0 Å². The van der Waals surface area contributed by atoms with Crippen LogP contribution in [0, 0.1) is 5.92 Å². The van der Waals surface area contributed by atoms with Crippen molar-refractivity contribution in [3.8, 4) is 0 Å². The summed E-state index contributed by atoms with van der Waals surface area (Å²) in [7, 11) is 0. The molecule has 3 rings (SSSR count). The summed E-state index contributed by atoms with van der Waals surface area (Å²) in [5, 5.41) is 14.2. The van der Waals surface area contributed by atoms with E-state index >= 15 is 0 Å². The van der Waals surface area contributed by atoms with E-state index in [9.17, 15) is 27.9 Å². The second kappa shape index (κ2) is 6.82. The number of ketones is 1. The van der Waals surface area contributed by atoms with Crippen LogP contribution in [0.25, 0.3) is 0 Å². The van der Waals surface area contributed by atoms with Crippen molar-refractivity contribution >= 4 is 23.4 Å². The molecule has 2 aromatic rings. The second-order valence-electron chi connectivity index (χ2n) is 5.95. The second-order valence-corrected chi connectivity index (χ2v) is 6.35. The zero-order valence-electron chi connectivity index (χ0n) is 13.5. The van der Waals surface area contributed by atoms with Crippen molar-refractivity contribution in [2.45, 2.75) is 17.9 Å². The Morgan fingerprint density at radius 2 is 1.93 bits per heavy atom. The smallest absolute Gasteiger partial charge is 0.363 e. The largest absolute Gasteiger partial charge is 0.437 e. The van der Waals surface area contributed by atoms with Crippen LogP contribution in [-0.2, 0) is 0 Å². The average Bonchev–Trinajstić information content (AvgIpc) is 2.61. The molecule has 0 aliphatic carbocycles. The molecule has 1 fully saturated rings. The Morgan fingerprint density at radius 3 is 2.52 bits per heavy atom. The highest BCUT2D eigenvalue weighted by Crippen LogP contribution is 2.44. The predicted molar refractivity (Wildman–Crippen MR) is 88.9 cm³/mol. The summed E-state index contributed by atoms with van der Waals surface area (Å²) in [6.07, 6.45) is -2.90. The van der Waals surface area contributed by atoms with Gasteiger partial charge in [0.1, 0.15) is 5.92 Å². The molecule has 6 nitrogen and oxygen atoms in total. The standard InChI is InChI=1S/C17H13ClF3N3O3/c18-11-6-2-1-5-10(11)13-12(14(25)9-4-3-7-22-8-9)16(27,17(19,20)21)24-15(26)23-13/h1-8,12-13,27H,(H2,23,24,26)/t12-,13+,16-/m0/s1. The van der Waals surface area contributed by atoms with E-state index in [2.05, 4.69) is 10.3 Å². The molecule has 1 aromatic heterocycles. The lowest BCUT2D eigenvalue weighted by Crippen LogP contribution is -2.72. The number of aromatic nitrogens is 1. The highest BCUT2D eigenvalue weighted by atomic mass is 35.5. The number of nitrogens with one attached hydrogen (secondary N) is 2. The quantitative estimate of drug-likeness (QED) is 0.692. The number of amides is 2. The fourth-order valence-electron chi connectivity index (χ4n) is 3.01. The number of benzene rings is 1. The van der Waals surface area contributed by atoms with Gasteiger partial charge in [-0.2, -0.15) is 13.2 Å². The summed E-state index contributed by atoms with van der Waals surface area (Å²) in [6.45, 7) is 0. The number of rotatable bonds is 3. The van der Waals surface area contributed by atoms with Crippen LogP contribution >= 0.6 is 11.6 Å². The number of nitrogens with zero attached hydrogens (tertiary/aromatic N) is 1. The Balaban J connectivity index is 2.19. The maximum Gasteiger partial charge on any atom is 0.437 e. The topological polar surface area (TPSA) is 91.3 Å². The molecule has 1 aliphatic rings. The van der Waals surface area contributed by atoms with Gasteiger partial charge in [-0.15, -0.1) is 0 Å². The van der Waals surface area contributed by atoms with Gasteiger partial charge < -0.3 is 15.7 Å². The van der Waals surface area contributed by atoms with E-state index in [0.29, 0.717) is 0 Å². The lowest BCUT2D eigenvalue weighted by atomic mass is 9.77. The first kappa shape index (κ1) is 19.1. The minimum Gasteiger partial charge on any atom is -0.363 e.